The summed E-state index contributed by atoms with van der Waals surface area (Å²) in [7, 11) is 0. The Morgan fingerprint density at radius 2 is 1.29 bits per heavy atom. The molecule has 0 atom stereocenters. The third-order valence-corrected chi connectivity index (χ3v) is 6.58. The molecule has 0 unspecified atom stereocenters. The molecule has 1 N–H and O–H groups in total. The Morgan fingerprint density at radius 3 is 1.81 bits per heavy atom. The summed E-state index contributed by atoms with van der Waals surface area (Å²) in [6.45, 7) is 2.83. The Hall–Kier alpha value is -2.75. The fourth-order valence-corrected chi connectivity index (χ4v) is 4.83. The molecular formula is C28H31NO2. The van der Waals surface area contributed by atoms with Gasteiger partial charge in [-0.2, -0.15) is 0 Å². The average molecular weight is 414 g/mol. The van der Waals surface area contributed by atoms with Gasteiger partial charge in [0.05, 0.1) is 0 Å². The average Bonchev–Trinajstić information content (AvgIpc) is 2.85. The lowest BCUT2D eigenvalue weighted by Crippen LogP contribution is -2.44. The van der Waals surface area contributed by atoms with E-state index in [9.17, 15) is 9.90 Å². The Labute approximate surface area is 185 Å². The highest BCUT2D eigenvalue weighted by molar-refractivity contribution is 5.95. The van der Waals surface area contributed by atoms with E-state index in [1.165, 1.54) is 0 Å². The summed E-state index contributed by atoms with van der Waals surface area (Å²) in [6, 6.07) is 29.7. The van der Waals surface area contributed by atoms with Gasteiger partial charge in [-0.25, -0.2) is 0 Å². The molecular weight excluding hydrogens is 382 g/mol. The number of benzene rings is 3. The summed E-state index contributed by atoms with van der Waals surface area (Å²) in [5.74, 6) is 0.387. The molecule has 0 saturated carbocycles. The maximum atomic E-state index is 12.3. The van der Waals surface area contributed by atoms with E-state index >= 15 is 0 Å². The Morgan fingerprint density at radius 1 is 0.806 bits per heavy atom. The number of carbonyl (C=O) groups excluding carboxylic acids is 1. The zero-order valence-electron chi connectivity index (χ0n) is 18.0. The third kappa shape index (κ3) is 4.95. The van der Waals surface area contributed by atoms with Gasteiger partial charge in [0, 0.05) is 12.0 Å². The molecule has 1 aliphatic rings. The number of hydrogen-bond acceptors (Lipinski definition) is 3. The maximum absolute atomic E-state index is 12.3. The molecule has 3 nitrogen and oxygen atoms in total. The van der Waals surface area contributed by atoms with Crippen LogP contribution in [0.25, 0.3) is 0 Å². The minimum absolute atomic E-state index is 0.166. The highest BCUT2D eigenvalue weighted by Crippen LogP contribution is 2.41. The summed E-state index contributed by atoms with van der Waals surface area (Å²) < 4.78 is 0. The molecule has 0 aliphatic carbocycles. The lowest BCUT2D eigenvalue weighted by molar-refractivity contribution is -0.0142. The first-order chi connectivity index (χ1) is 15.2. The number of hydrogen-bond donors (Lipinski definition) is 1. The minimum atomic E-state index is -0.974. The SMILES string of the molecule is O=C(CCCN1CCC(C(O)(c2ccccc2)c2ccccc2)CC1)c1ccccc1. The largest absolute Gasteiger partial charge is 0.380 e. The number of likely N-dealkylation sites (tertiary alicyclic amines) is 1. The molecule has 4 rings (SSSR count). The van der Waals surface area contributed by atoms with Crippen LogP contribution < -0.4 is 0 Å². The van der Waals surface area contributed by atoms with Crippen molar-refractivity contribution in [3.63, 3.8) is 0 Å². The standard InChI is InChI=1S/C28H31NO2/c30-27(23-11-4-1-5-12-23)17-10-20-29-21-18-26(19-22-29)28(31,24-13-6-2-7-14-24)25-15-8-3-9-16-25/h1-9,11-16,26,31H,10,17-22H2. The molecule has 3 heteroatoms. The van der Waals surface area contributed by atoms with Crippen LogP contribution >= 0.6 is 0 Å². The molecule has 3 aromatic rings. The van der Waals surface area contributed by atoms with Crippen molar-refractivity contribution in [2.75, 3.05) is 19.6 Å². The topological polar surface area (TPSA) is 40.5 Å². The van der Waals surface area contributed by atoms with Crippen molar-refractivity contribution in [1.29, 1.82) is 0 Å². The van der Waals surface area contributed by atoms with E-state index in [0.717, 1.165) is 55.6 Å². The van der Waals surface area contributed by atoms with Crippen molar-refractivity contribution in [3.8, 4) is 0 Å². The van der Waals surface area contributed by atoms with Gasteiger partial charge in [0.1, 0.15) is 5.60 Å². The molecule has 0 amide bonds. The molecule has 3 aromatic carbocycles. The normalized spacial score (nSPS) is 15.6. The van der Waals surface area contributed by atoms with Crippen molar-refractivity contribution in [1.82, 2.24) is 4.90 Å². The quantitative estimate of drug-likeness (QED) is 0.510. The van der Waals surface area contributed by atoms with E-state index in [1.807, 2.05) is 91.0 Å². The van der Waals surface area contributed by atoms with Gasteiger partial charge in [-0.3, -0.25) is 4.79 Å². The smallest absolute Gasteiger partial charge is 0.162 e. The van der Waals surface area contributed by atoms with Crippen LogP contribution in [0.2, 0.25) is 0 Å². The maximum Gasteiger partial charge on any atom is 0.162 e. The number of Topliss-reactive ketones (excluding diaryl/α,β-unsaturated/α-hetero) is 1. The predicted octanol–water partition coefficient (Wildman–Crippen LogP) is 5.30. The lowest BCUT2D eigenvalue weighted by atomic mass is 9.72. The van der Waals surface area contributed by atoms with Gasteiger partial charge in [0.25, 0.3) is 0 Å². The fraction of sp³-hybridized carbons (Fsp3) is 0.321. The first kappa shape index (κ1) is 21.5. The first-order valence-corrected chi connectivity index (χ1v) is 11.3. The first-order valence-electron chi connectivity index (χ1n) is 11.3. The van der Waals surface area contributed by atoms with Crippen LogP contribution in [0.3, 0.4) is 0 Å². The summed E-state index contributed by atoms with van der Waals surface area (Å²) in [6.07, 6.45) is 3.34. The van der Waals surface area contributed by atoms with Gasteiger partial charge in [-0.05, 0) is 55.9 Å². The van der Waals surface area contributed by atoms with Crippen LogP contribution in [0.5, 0.6) is 0 Å². The number of ketones is 1. The van der Waals surface area contributed by atoms with Crippen molar-refractivity contribution >= 4 is 5.78 Å². The van der Waals surface area contributed by atoms with Gasteiger partial charge < -0.3 is 10.0 Å². The summed E-state index contributed by atoms with van der Waals surface area (Å²) in [5.41, 5.74) is 1.76. The molecule has 1 aliphatic heterocycles. The van der Waals surface area contributed by atoms with Crippen molar-refractivity contribution in [2.45, 2.75) is 31.3 Å². The summed E-state index contributed by atoms with van der Waals surface area (Å²) in [5, 5.41) is 12.0. The van der Waals surface area contributed by atoms with Crippen molar-refractivity contribution in [3.05, 3.63) is 108 Å². The second-order valence-corrected chi connectivity index (χ2v) is 8.51. The van der Waals surface area contributed by atoms with Gasteiger partial charge >= 0.3 is 0 Å². The molecule has 1 saturated heterocycles. The molecule has 0 bridgehead atoms. The highest BCUT2D eigenvalue weighted by atomic mass is 16.3. The second-order valence-electron chi connectivity index (χ2n) is 8.51. The fourth-order valence-electron chi connectivity index (χ4n) is 4.83. The van der Waals surface area contributed by atoms with Crippen molar-refractivity contribution < 1.29 is 9.90 Å². The molecule has 0 aromatic heterocycles. The Balaban J connectivity index is 1.37. The third-order valence-electron chi connectivity index (χ3n) is 6.58. The monoisotopic (exact) mass is 413 g/mol. The molecule has 0 radical (unpaired) electrons. The van der Waals surface area contributed by atoms with Crippen LogP contribution in [0.4, 0.5) is 0 Å². The van der Waals surface area contributed by atoms with Crippen LogP contribution in [0, 0.1) is 5.92 Å². The second kappa shape index (κ2) is 10.0. The van der Waals surface area contributed by atoms with E-state index in [4.69, 9.17) is 0 Å². The van der Waals surface area contributed by atoms with Crippen LogP contribution in [0.15, 0.2) is 91.0 Å². The van der Waals surface area contributed by atoms with Gasteiger partial charge in [-0.15, -0.1) is 0 Å². The molecule has 0 spiro atoms. The van der Waals surface area contributed by atoms with Gasteiger partial charge in [0.15, 0.2) is 5.78 Å². The highest BCUT2D eigenvalue weighted by Gasteiger charge is 2.41. The Bertz CT molecular complexity index is 909. The number of nitrogens with zero attached hydrogens (tertiary/aromatic N) is 1. The summed E-state index contributed by atoms with van der Waals surface area (Å²) in [4.78, 5) is 14.8. The van der Waals surface area contributed by atoms with E-state index in [1.54, 1.807) is 0 Å². The molecule has 160 valence electrons. The molecule has 1 heterocycles. The van der Waals surface area contributed by atoms with Gasteiger partial charge in [0.2, 0.25) is 0 Å². The Kier molecular flexibility index (Phi) is 6.96. The zero-order chi connectivity index (χ0) is 21.5. The van der Waals surface area contributed by atoms with E-state index in [2.05, 4.69) is 4.90 Å². The summed E-state index contributed by atoms with van der Waals surface area (Å²) >= 11 is 0. The number of rotatable bonds is 8. The molecule has 1 fully saturated rings. The van der Waals surface area contributed by atoms with E-state index in [-0.39, 0.29) is 11.7 Å². The van der Waals surface area contributed by atoms with E-state index < -0.39 is 5.60 Å². The minimum Gasteiger partial charge on any atom is -0.380 e. The van der Waals surface area contributed by atoms with Crippen molar-refractivity contribution in [2.24, 2.45) is 5.92 Å². The predicted molar refractivity (Wildman–Crippen MR) is 125 cm³/mol. The van der Waals surface area contributed by atoms with E-state index in [0.29, 0.717) is 6.42 Å². The van der Waals surface area contributed by atoms with Crippen LogP contribution in [-0.2, 0) is 5.60 Å². The van der Waals surface area contributed by atoms with Crippen LogP contribution in [-0.4, -0.2) is 35.4 Å². The van der Waals surface area contributed by atoms with Crippen LogP contribution in [0.1, 0.15) is 47.2 Å². The number of carbonyl (C=O) groups is 1. The molecule has 31 heavy (non-hydrogen) atoms. The number of piperidine rings is 1. The lowest BCUT2D eigenvalue weighted by Gasteiger charge is -2.42. The zero-order valence-corrected chi connectivity index (χ0v) is 18.0. The van der Waals surface area contributed by atoms with Gasteiger partial charge in [-0.1, -0.05) is 91.0 Å². The number of aliphatic hydroxyl groups is 1.